The van der Waals surface area contributed by atoms with Crippen molar-refractivity contribution in [3.63, 3.8) is 0 Å². The largest absolute Gasteiger partial charge is 0.490 e. The standard InChI is InChI=1S/C20H19N3O5/c1-20(14-6-3-2-4-7-14)18(25)23(19(26)21-20)22-17(24)13-8-9-15-16(12-13)28-11-5-10-27-15/h2-4,6-9,12H,5,10-11H2,1H3,(H,21,26)(H,22,24)/t20-/m1/s1. The maximum atomic E-state index is 12.9. The molecule has 0 spiro atoms. The number of rotatable bonds is 3. The molecule has 1 atom stereocenters. The first-order chi connectivity index (χ1) is 13.5. The molecule has 0 radical (unpaired) electrons. The van der Waals surface area contributed by atoms with E-state index in [1.807, 2.05) is 6.07 Å². The zero-order chi connectivity index (χ0) is 19.7. The Bertz CT molecular complexity index is 946. The molecule has 0 unspecified atom stereocenters. The van der Waals surface area contributed by atoms with E-state index in [-0.39, 0.29) is 5.56 Å². The molecular formula is C20H19N3O5. The van der Waals surface area contributed by atoms with Crippen LogP contribution in [0.2, 0.25) is 0 Å². The molecule has 28 heavy (non-hydrogen) atoms. The monoisotopic (exact) mass is 381 g/mol. The lowest BCUT2D eigenvalue weighted by molar-refractivity contribution is -0.132. The lowest BCUT2D eigenvalue weighted by atomic mass is 9.92. The highest BCUT2D eigenvalue weighted by Crippen LogP contribution is 2.31. The topological polar surface area (TPSA) is 97.0 Å². The van der Waals surface area contributed by atoms with Gasteiger partial charge in [0.2, 0.25) is 0 Å². The number of benzene rings is 2. The maximum Gasteiger partial charge on any atom is 0.344 e. The Hall–Kier alpha value is -3.55. The SMILES string of the molecule is C[C@]1(c2ccccc2)NC(=O)N(NC(=O)c2ccc3c(c2)OCCCO3)C1=O. The molecule has 8 nitrogen and oxygen atoms in total. The minimum atomic E-state index is -1.25. The van der Waals surface area contributed by atoms with Crippen LogP contribution in [0, 0.1) is 0 Å². The zero-order valence-electron chi connectivity index (χ0n) is 15.2. The summed E-state index contributed by atoms with van der Waals surface area (Å²) in [4.78, 5) is 37.8. The predicted octanol–water partition coefficient (Wildman–Crippen LogP) is 1.96. The summed E-state index contributed by atoms with van der Waals surface area (Å²) >= 11 is 0. The van der Waals surface area contributed by atoms with Gasteiger partial charge in [-0.25, -0.2) is 4.79 Å². The van der Waals surface area contributed by atoms with E-state index in [1.54, 1.807) is 43.3 Å². The second-order valence-electron chi connectivity index (χ2n) is 6.71. The number of ether oxygens (including phenoxy) is 2. The van der Waals surface area contributed by atoms with E-state index in [2.05, 4.69) is 10.7 Å². The van der Waals surface area contributed by atoms with Gasteiger partial charge in [-0.15, -0.1) is 0 Å². The Labute approximate surface area is 161 Å². The van der Waals surface area contributed by atoms with Gasteiger partial charge in [0.25, 0.3) is 11.8 Å². The van der Waals surface area contributed by atoms with E-state index < -0.39 is 23.4 Å². The van der Waals surface area contributed by atoms with E-state index in [0.717, 1.165) is 6.42 Å². The highest BCUT2D eigenvalue weighted by atomic mass is 16.5. The molecule has 144 valence electrons. The molecule has 8 heteroatoms. The van der Waals surface area contributed by atoms with Crippen LogP contribution in [0.15, 0.2) is 48.5 Å². The second-order valence-corrected chi connectivity index (χ2v) is 6.71. The molecular weight excluding hydrogens is 362 g/mol. The summed E-state index contributed by atoms with van der Waals surface area (Å²) in [5.74, 6) is -0.153. The van der Waals surface area contributed by atoms with Gasteiger partial charge >= 0.3 is 6.03 Å². The molecule has 2 aromatic carbocycles. The minimum absolute atomic E-state index is 0.248. The van der Waals surface area contributed by atoms with E-state index in [4.69, 9.17) is 9.47 Å². The summed E-state index contributed by atoms with van der Waals surface area (Å²) in [5.41, 5.74) is 2.00. The maximum absolute atomic E-state index is 12.9. The highest BCUT2D eigenvalue weighted by molar-refractivity contribution is 6.09. The van der Waals surface area contributed by atoms with Gasteiger partial charge in [-0.2, -0.15) is 5.01 Å². The van der Waals surface area contributed by atoms with Crippen LogP contribution in [0.25, 0.3) is 0 Å². The zero-order valence-corrected chi connectivity index (χ0v) is 15.2. The van der Waals surface area contributed by atoms with Gasteiger partial charge in [0.1, 0.15) is 5.54 Å². The van der Waals surface area contributed by atoms with Gasteiger partial charge in [-0.1, -0.05) is 30.3 Å². The van der Waals surface area contributed by atoms with Crippen LogP contribution in [-0.4, -0.2) is 36.1 Å². The quantitative estimate of drug-likeness (QED) is 0.793. The Kier molecular flexibility index (Phi) is 4.38. The fraction of sp³-hybridized carbons (Fsp3) is 0.250. The first-order valence-electron chi connectivity index (χ1n) is 8.92. The number of hydrogen-bond acceptors (Lipinski definition) is 5. The van der Waals surface area contributed by atoms with Crippen molar-refractivity contribution >= 4 is 17.8 Å². The Morgan fingerprint density at radius 2 is 1.79 bits per heavy atom. The third-order valence-electron chi connectivity index (χ3n) is 4.77. The molecule has 1 fully saturated rings. The van der Waals surface area contributed by atoms with E-state index in [9.17, 15) is 14.4 Å². The summed E-state index contributed by atoms with van der Waals surface area (Å²) in [7, 11) is 0. The van der Waals surface area contributed by atoms with E-state index in [0.29, 0.717) is 35.3 Å². The predicted molar refractivity (Wildman–Crippen MR) is 98.7 cm³/mol. The summed E-state index contributed by atoms with van der Waals surface area (Å²) in [6.45, 7) is 2.63. The smallest absolute Gasteiger partial charge is 0.344 e. The number of hydrazine groups is 1. The van der Waals surface area contributed by atoms with Crippen LogP contribution < -0.4 is 20.2 Å². The third-order valence-corrected chi connectivity index (χ3v) is 4.77. The van der Waals surface area contributed by atoms with Crippen molar-refractivity contribution in [3.8, 4) is 11.5 Å². The number of hydrogen-bond donors (Lipinski definition) is 2. The van der Waals surface area contributed by atoms with Gasteiger partial charge < -0.3 is 14.8 Å². The number of nitrogens with zero attached hydrogens (tertiary/aromatic N) is 1. The number of urea groups is 1. The molecule has 4 rings (SSSR count). The first-order valence-corrected chi connectivity index (χ1v) is 8.92. The second kappa shape index (κ2) is 6.88. The van der Waals surface area contributed by atoms with Crippen molar-refractivity contribution in [2.75, 3.05) is 13.2 Å². The lowest BCUT2D eigenvalue weighted by Crippen LogP contribution is -2.47. The van der Waals surface area contributed by atoms with Gasteiger partial charge in [-0.05, 0) is 30.7 Å². The molecule has 2 aliphatic heterocycles. The van der Waals surface area contributed by atoms with Crippen molar-refractivity contribution in [3.05, 3.63) is 59.7 Å². The molecule has 0 aliphatic carbocycles. The normalized spacial score (nSPS) is 21.1. The molecule has 2 aliphatic rings. The number of amides is 4. The first kappa shape index (κ1) is 17.8. The van der Waals surface area contributed by atoms with E-state index >= 15 is 0 Å². The van der Waals surface area contributed by atoms with Crippen molar-refractivity contribution in [2.45, 2.75) is 18.9 Å². The number of carbonyl (C=O) groups excluding carboxylic acids is 3. The Balaban J connectivity index is 1.54. The van der Waals surface area contributed by atoms with Crippen LogP contribution in [0.1, 0.15) is 29.3 Å². The van der Waals surface area contributed by atoms with Gasteiger partial charge in [0, 0.05) is 12.0 Å². The van der Waals surface area contributed by atoms with Gasteiger partial charge in [0.05, 0.1) is 13.2 Å². The summed E-state index contributed by atoms with van der Waals surface area (Å²) < 4.78 is 11.1. The minimum Gasteiger partial charge on any atom is -0.490 e. The van der Waals surface area contributed by atoms with Gasteiger partial charge in [-0.3, -0.25) is 15.0 Å². The fourth-order valence-electron chi connectivity index (χ4n) is 3.18. The molecule has 1 saturated heterocycles. The lowest BCUT2D eigenvalue weighted by Gasteiger charge is -2.22. The fourth-order valence-corrected chi connectivity index (χ4v) is 3.18. The summed E-state index contributed by atoms with van der Waals surface area (Å²) in [6, 6.07) is 12.9. The van der Waals surface area contributed by atoms with Crippen LogP contribution in [-0.2, 0) is 10.3 Å². The molecule has 2 aromatic rings. The van der Waals surface area contributed by atoms with Crippen LogP contribution in [0.4, 0.5) is 4.79 Å². The summed E-state index contributed by atoms with van der Waals surface area (Å²) in [5, 5.41) is 3.35. The molecule has 0 bridgehead atoms. The Morgan fingerprint density at radius 3 is 2.54 bits per heavy atom. The summed E-state index contributed by atoms with van der Waals surface area (Å²) in [6.07, 6.45) is 0.747. The number of imide groups is 1. The number of nitrogens with one attached hydrogen (secondary N) is 2. The highest BCUT2D eigenvalue weighted by Gasteiger charge is 2.50. The number of fused-ring (bicyclic) bond motifs is 1. The van der Waals surface area contributed by atoms with Crippen molar-refractivity contribution in [1.29, 1.82) is 0 Å². The Morgan fingerprint density at radius 1 is 1.07 bits per heavy atom. The molecule has 0 aromatic heterocycles. The molecule has 2 heterocycles. The van der Waals surface area contributed by atoms with Crippen LogP contribution in [0.3, 0.4) is 0 Å². The van der Waals surface area contributed by atoms with Crippen molar-refractivity contribution in [2.24, 2.45) is 0 Å². The molecule has 2 N–H and O–H groups in total. The van der Waals surface area contributed by atoms with Crippen molar-refractivity contribution in [1.82, 2.24) is 15.8 Å². The third kappa shape index (κ3) is 3.02. The van der Waals surface area contributed by atoms with Gasteiger partial charge in [0.15, 0.2) is 11.5 Å². The average Bonchev–Trinajstić information content (AvgIpc) is 2.87. The van der Waals surface area contributed by atoms with Crippen molar-refractivity contribution < 1.29 is 23.9 Å². The van der Waals surface area contributed by atoms with Crippen LogP contribution >= 0.6 is 0 Å². The van der Waals surface area contributed by atoms with Crippen LogP contribution in [0.5, 0.6) is 11.5 Å². The average molecular weight is 381 g/mol. The number of carbonyl (C=O) groups is 3. The van der Waals surface area contributed by atoms with E-state index in [1.165, 1.54) is 6.07 Å². The molecule has 0 saturated carbocycles. The molecule has 4 amide bonds.